The molecule has 5 heteroatoms. The van der Waals surface area contributed by atoms with E-state index in [1.165, 1.54) is 10.3 Å². The number of aromatic nitrogens is 3. The molecule has 2 aromatic heterocycles. The number of thiazole rings is 1. The van der Waals surface area contributed by atoms with Gasteiger partial charge in [0, 0.05) is 0 Å². The van der Waals surface area contributed by atoms with Crippen LogP contribution >= 0.6 is 11.3 Å². The summed E-state index contributed by atoms with van der Waals surface area (Å²) in [6.45, 7) is 2.72. The second-order valence-corrected chi connectivity index (χ2v) is 6.03. The molecule has 0 aliphatic heterocycles. The minimum Gasteiger partial charge on any atom is -0.354 e. The van der Waals surface area contributed by atoms with Gasteiger partial charge in [-0.1, -0.05) is 35.6 Å². The maximum absolute atomic E-state index is 4.64. The standard InChI is InChI=1S/C16H14N4S/c1-10-5-4-7-12-15(10)20-14(18-12)9-17-16-19-11-6-2-3-8-13(11)21-16/h2-8H,9H2,1H3,(H,17,19)(H,18,20). The lowest BCUT2D eigenvalue weighted by Gasteiger charge is -1.97. The molecule has 0 amide bonds. The van der Waals surface area contributed by atoms with Crippen LogP contribution in [0.25, 0.3) is 21.3 Å². The van der Waals surface area contributed by atoms with Gasteiger partial charge in [0.25, 0.3) is 0 Å². The van der Waals surface area contributed by atoms with Crippen LogP contribution in [-0.4, -0.2) is 15.0 Å². The highest BCUT2D eigenvalue weighted by molar-refractivity contribution is 7.22. The van der Waals surface area contributed by atoms with Gasteiger partial charge in [0.05, 0.1) is 27.8 Å². The van der Waals surface area contributed by atoms with E-state index in [0.29, 0.717) is 6.54 Å². The smallest absolute Gasteiger partial charge is 0.184 e. The average Bonchev–Trinajstić information content (AvgIpc) is 3.09. The Balaban J connectivity index is 1.58. The highest BCUT2D eigenvalue weighted by Crippen LogP contribution is 2.25. The number of aryl methyl sites for hydroxylation is 1. The fourth-order valence-corrected chi connectivity index (χ4v) is 3.28. The average molecular weight is 294 g/mol. The number of imidazole rings is 1. The molecule has 0 aliphatic carbocycles. The molecule has 0 aliphatic rings. The highest BCUT2D eigenvalue weighted by atomic mass is 32.1. The van der Waals surface area contributed by atoms with E-state index in [4.69, 9.17) is 0 Å². The van der Waals surface area contributed by atoms with Crippen molar-refractivity contribution in [2.45, 2.75) is 13.5 Å². The Morgan fingerprint density at radius 3 is 2.86 bits per heavy atom. The largest absolute Gasteiger partial charge is 0.354 e. The van der Waals surface area contributed by atoms with Crippen molar-refractivity contribution in [3.05, 3.63) is 53.9 Å². The first kappa shape index (κ1) is 12.3. The number of hydrogen-bond acceptors (Lipinski definition) is 4. The molecule has 2 aromatic carbocycles. The quantitative estimate of drug-likeness (QED) is 0.598. The van der Waals surface area contributed by atoms with Crippen molar-refractivity contribution in [3.8, 4) is 0 Å². The van der Waals surface area contributed by atoms with Gasteiger partial charge in [0.15, 0.2) is 5.13 Å². The van der Waals surface area contributed by atoms with Crippen molar-refractivity contribution >= 4 is 37.7 Å². The molecule has 0 fully saturated rings. The summed E-state index contributed by atoms with van der Waals surface area (Å²) >= 11 is 1.66. The first-order chi connectivity index (χ1) is 10.3. The Labute approximate surface area is 125 Å². The van der Waals surface area contributed by atoms with Crippen LogP contribution in [0.4, 0.5) is 5.13 Å². The van der Waals surface area contributed by atoms with Crippen LogP contribution in [0.2, 0.25) is 0 Å². The Hall–Kier alpha value is -2.40. The zero-order valence-corrected chi connectivity index (χ0v) is 12.4. The van der Waals surface area contributed by atoms with E-state index in [-0.39, 0.29) is 0 Å². The molecule has 4 rings (SSSR count). The molecule has 4 aromatic rings. The molecule has 0 saturated heterocycles. The van der Waals surface area contributed by atoms with E-state index in [2.05, 4.69) is 45.4 Å². The van der Waals surface area contributed by atoms with E-state index in [9.17, 15) is 0 Å². The number of rotatable bonds is 3. The van der Waals surface area contributed by atoms with Gasteiger partial charge in [-0.2, -0.15) is 0 Å². The monoisotopic (exact) mass is 294 g/mol. The molecule has 0 atom stereocenters. The van der Waals surface area contributed by atoms with E-state index >= 15 is 0 Å². The van der Waals surface area contributed by atoms with Crippen LogP contribution in [0.15, 0.2) is 42.5 Å². The first-order valence-electron chi connectivity index (χ1n) is 6.83. The minimum absolute atomic E-state index is 0.647. The van der Waals surface area contributed by atoms with Gasteiger partial charge in [0.1, 0.15) is 5.82 Å². The Bertz CT molecular complexity index is 889. The number of nitrogens with one attached hydrogen (secondary N) is 2. The van der Waals surface area contributed by atoms with Crippen LogP contribution in [0.3, 0.4) is 0 Å². The Kier molecular flexibility index (Phi) is 2.86. The van der Waals surface area contributed by atoms with Crippen molar-refractivity contribution in [3.63, 3.8) is 0 Å². The van der Waals surface area contributed by atoms with Gasteiger partial charge in [-0.05, 0) is 30.7 Å². The normalized spacial score (nSPS) is 11.3. The number of aromatic amines is 1. The number of para-hydroxylation sites is 2. The summed E-state index contributed by atoms with van der Waals surface area (Å²) in [4.78, 5) is 12.5. The summed E-state index contributed by atoms with van der Waals surface area (Å²) in [6, 6.07) is 14.3. The van der Waals surface area contributed by atoms with Crippen LogP contribution in [0.1, 0.15) is 11.4 Å². The number of hydrogen-bond donors (Lipinski definition) is 2. The molecule has 4 nitrogen and oxygen atoms in total. The van der Waals surface area contributed by atoms with Gasteiger partial charge in [-0.15, -0.1) is 0 Å². The van der Waals surface area contributed by atoms with Gasteiger partial charge < -0.3 is 10.3 Å². The molecule has 2 N–H and O–H groups in total. The van der Waals surface area contributed by atoms with Crippen molar-refractivity contribution in [2.75, 3.05) is 5.32 Å². The second kappa shape index (κ2) is 4.86. The molecule has 0 radical (unpaired) electrons. The predicted molar refractivity (Wildman–Crippen MR) is 87.8 cm³/mol. The topological polar surface area (TPSA) is 53.6 Å². The van der Waals surface area contributed by atoms with E-state index in [1.807, 2.05) is 24.3 Å². The zero-order valence-electron chi connectivity index (χ0n) is 11.6. The summed E-state index contributed by atoms with van der Waals surface area (Å²) in [5.41, 5.74) is 4.34. The number of H-pyrrole nitrogens is 1. The number of nitrogens with zero attached hydrogens (tertiary/aromatic N) is 2. The summed E-state index contributed by atoms with van der Waals surface area (Å²) < 4.78 is 1.19. The first-order valence-corrected chi connectivity index (χ1v) is 7.65. The fraction of sp³-hybridized carbons (Fsp3) is 0.125. The lowest BCUT2D eigenvalue weighted by Crippen LogP contribution is -2.00. The number of anilines is 1. The highest BCUT2D eigenvalue weighted by Gasteiger charge is 2.06. The molecule has 0 spiro atoms. The number of fused-ring (bicyclic) bond motifs is 2. The maximum atomic E-state index is 4.64. The lowest BCUT2D eigenvalue weighted by molar-refractivity contribution is 1.01. The third-order valence-corrected chi connectivity index (χ3v) is 4.46. The predicted octanol–water partition coefficient (Wildman–Crippen LogP) is 4.09. The fourth-order valence-electron chi connectivity index (χ4n) is 2.42. The van der Waals surface area contributed by atoms with E-state index in [1.54, 1.807) is 11.3 Å². The molecule has 2 heterocycles. The zero-order chi connectivity index (χ0) is 14.2. The molecule has 21 heavy (non-hydrogen) atoms. The van der Waals surface area contributed by atoms with Crippen LogP contribution in [0.5, 0.6) is 0 Å². The molecule has 0 saturated carbocycles. The Morgan fingerprint density at radius 1 is 1.10 bits per heavy atom. The number of benzene rings is 2. The van der Waals surface area contributed by atoms with E-state index in [0.717, 1.165) is 27.5 Å². The Morgan fingerprint density at radius 2 is 2.00 bits per heavy atom. The third-order valence-electron chi connectivity index (χ3n) is 3.46. The molecule has 0 unspecified atom stereocenters. The second-order valence-electron chi connectivity index (χ2n) is 4.99. The van der Waals surface area contributed by atoms with Crippen molar-refractivity contribution in [2.24, 2.45) is 0 Å². The SMILES string of the molecule is Cc1cccc2[nH]c(CNc3nc4ccccc4s3)nc12. The van der Waals surface area contributed by atoms with Crippen LogP contribution in [-0.2, 0) is 6.54 Å². The molecular weight excluding hydrogens is 280 g/mol. The van der Waals surface area contributed by atoms with Crippen molar-refractivity contribution in [1.29, 1.82) is 0 Å². The lowest BCUT2D eigenvalue weighted by atomic mass is 10.2. The van der Waals surface area contributed by atoms with Gasteiger partial charge >= 0.3 is 0 Å². The van der Waals surface area contributed by atoms with Crippen molar-refractivity contribution < 1.29 is 0 Å². The molecule has 0 bridgehead atoms. The summed E-state index contributed by atoms with van der Waals surface area (Å²) in [5, 5.41) is 4.27. The summed E-state index contributed by atoms with van der Waals surface area (Å²) in [5.74, 6) is 0.929. The van der Waals surface area contributed by atoms with Crippen LogP contribution in [0, 0.1) is 6.92 Å². The van der Waals surface area contributed by atoms with Gasteiger partial charge in [-0.25, -0.2) is 9.97 Å². The van der Waals surface area contributed by atoms with Gasteiger partial charge in [-0.3, -0.25) is 0 Å². The summed E-state index contributed by atoms with van der Waals surface area (Å²) in [7, 11) is 0. The van der Waals surface area contributed by atoms with Crippen LogP contribution < -0.4 is 5.32 Å². The minimum atomic E-state index is 0.647. The van der Waals surface area contributed by atoms with E-state index < -0.39 is 0 Å². The third kappa shape index (κ3) is 2.25. The van der Waals surface area contributed by atoms with Crippen molar-refractivity contribution in [1.82, 2.24) is 15.0 Å². The van der Waals surface area contributed by atoms with Gasteiger partial charge in [0.2, 0.25) is 0 Å². The summed E-state index contributed by atoms with van der Waals surface area (Å²) in [6.07, 6.45) is 0. The molecular formula is C16H14N4S. The maximum Gasteiger partial charge on any atom is 0.184 e. The molecule has 104 valence electrons.